The molecule has 1 aromatic heterocycles. The normalized spacial score (nSPS) is 17.2. The topological polar surface area (TPSA) is 84.2 Å². The molecule has 1 N–H and O–H groups in total. The third kappa shape index (κ3) is 3.56. The molecule has 0 aliphatic carbocycles. The number of piperidine rings is 1. The SMILES string of the molecule is CCC1CCCCN1c1ncnc(Nc2cc(F)ccc2F)c1[N+](=O)[O-]. The van der Waals surface area contributed by atoms with Crippen LogP contribution in [0.5, 0.6) is 0 Å². The van der Waals surface area contributed by atoms with Crippen molar-refractivity contribution in [2.75, 3.05) is 16.8 Å². The van der Waals surface area contributed by atoms with Crippen LogP contribution >= 0.6 is 0 Å². The highest BCUT2D eigenvalue weighted by molar-refractivity contribution is 5.74. The highest BCUT2D eigenvalue weighted by atomic mass is 19.1. The summed E-state index contributed by atoms with van der Waals surface area (Å²) in [6, 6.07) is 3.00. The van der Waals surface area contributed by atoms with Crippen LogP contribution in [0.4, 0.5) is 31.8 Å². The van der Waals surface area contributed by atoms with Crippen LogP contribution in [-0.4, -0.2) is 27.5 Å². The van der Waals surface area contributed by atoms with E-state index in [2.05, 4.69) is 15.3 Å². The van der Waals surface area contributed by atoms with E-state index in [4.69, 9.17) is 0 Å². The predicted octanol–water partition coefficient (Wildman–Crippen LogP) is 4.18. The molecule has 26 heavy (non-hydrogen) atoms. The Morgan fingerprint density at radius 2 is 2.15 bits per heavy atom. The van der Waals surface area contributed by atoms with Crippen molar-refractivity contribution in [3.63, 3.8) is 0 Å². The van der Waals surface area contributed by atoms with Crippen molar-refractivity contribution in [2.24, 2.45) is 0 Å². The summed E-state index contributed by atoms with van der Waals surface area (Å²) in [5.74, 6) is -1.35. The van der Waals surface area contributed by atoms with Crippen molar-refractivity contribution in [2.45, 2.75) is 38.6 Å². The zero-order chi connectivity index (χ0) is 18.7. The van der Waals surface area contributed by atoms with Gasteiger partial charge in [-0.1, -0.05) is 6.92 Å². The van der Waals surface area contributed by atoms with Crippen molar-refractivity contribution in [3.8, 4) is 0 Å². The van der Waals surface area contributed by atoms with Crippen LogP contribution in [0.15, 0.2) is 24.5 Å². The van der Waals surface area contributed by atoms with Crippen molar-refractivity contribution in [3.05, 3.63) is 46.3 Å². The minimum atomic E-state index is -0.731. The number of rotatable bonds is 5. The third-order valence-corrected chi connectivity index (χ3v) is 4.54. The van der Waals surface area contributed by atoms with Gasteiger partial charge < -0.3 is 10.2 Å². The van der Waals surface area contributed by atoms with Gasteiger partial charge in [0.2, 0.25) is 11.6 Å². The molecule has 0 amide bonds. The summed E-state index contributed by atoms with van der Waals surface area (Å²) >= 11 is 0. The van der Waals surface area contributed by atoms with Crippen molar-refractivity contribution < 1.29 is 13.7 Å². The number of nitrogens with one attached hydrogen (secondary N) is 1. The summed E-state index contributed by atoms with van der Waals surface area (Å²) in [6.07, 6.45) is 4.94. The number of benzene rings is 1. The van der Waals surface area contributed by atoms with Gasteiger partial charge in [0, 0.05) is 18.7 Å². The molecule has 2 aromatic rings. The van der Waals surface area contributed by atoms with E-state index in [1.807, 2.05) is 11.8 Å². The molecule has 3 rings (SSSR count). The quantitative estimate of drug-likeness (QED) is 0.634. The first kappa shape index (κ1) is 18.0. The monoisotopic (exact) mass is 363 g/mol. The van der Waals surface area contributed by atoms with Gasteiger partial charge in [-0.2, -0.15) is 0 Å². The number of nitro groups is 1. The highest BCUT2D eigenvalue weighted by Gasteiger charge is 2.32. The van der Waals surface area contributed by atoms with Gasteiger partial charge in [0.05, 0.1) is 10.6 Å². The zero-order valence-corrected chi connectivity index (χ0v) is 14.3. The average molecular weight is 363 g/mol. The fraction of sp³-hybridized carbons (Fsp3) is 0.412. The first-order valence-electron chi connectivity index (χ1n) is 8.49. The lowest BCUT2D eigenvalue weighted by Crippen LogP contribution is -2.40. The van der Waals surface area contributed by atoms with E-state index < -0.39 is 16.6 Å². The van der Waals surface area contributed by atoms with Gasteiger partial charge in [-0.3, -0.25) is 10.1 Å². The number of hydrogen-bond acceptors (Lipinski definition) is 6. The molecule has 1 saturated heterocycles. The Balaban J connectivity index is 2.04. The average Bonchev–Trinajstić information content (AvgIpc) is 2.64. The fourth-order valence-corrected chi connectivity index (χ4v) is 3.26. The number of hydrogen-bond donors (Lipinski definition) is 1. The molecule has 1 fully saturated rings. The van der Waals surface area contributed by atoms with Crippen LogP contribution in [0, 0.1) is 21.7 Å². The molecule has 1 unspecified atom stereocenters. The lowest BCUT2D eigenvalue weighted by molar-refractivity contribution is -0.383. The lowest BCUT2D eigenvalue weighted by Gasteiger charge is -2.35. The van der Waals surface area contributed by atoms with Gasteiger partial charge in [-0.05, 0) is 37.8 Å². The molecule has 1 aliphatic rings. The predicted molar refractivity (Wildman–Crippen MR) is 93.6 cm³/mol. The Kier molecular flexibility index (Phi) is 5.24. The van der Waals surface area contributed by atoms with Crippen LogP contribution in [0.3, 0.4) is 0 Å². The smallest absolute Gasteiger partial charge is 0.348 e. The molecule has 2 heterocycles. The van der Waals surface area contributed by atoms with Crippen LogP contribution in [0.25, 0.3) is 0 Å². The molecular formula is C17H19F2N5O2. The number of anilines is 3. The highest BCUT2D eigenvalue weighted by Crippen LogP contribution is 2.37. The van der Waals surface area contributed by atoms with E-state index in [-0.39, 0.29) is 29.1 Å². The molecule has 0 radical (unpaired) electrons. The molecule has 7 nitrogen and oxygen atoms in total. The second-order valence-electron chi connectivity index (χ2n) is 6.15. The first-order chi connectivity index (χ1) is 12.5. The minimum Gasteiger partial charge on any atom is -0.348 e. The molecule has 1 atom stereocenters. The second-order valence-corrected chi connectivity index (χ2v) is 6.15. The number of aromatic nitrogens is 2. The molecule has 0 spiro atoms. The van der Waals surface area contributed by atoms with E-state index >= 15 is 0 Å². The fourth-order valence-electron chi connectivity index (χ4n) is 3.26. The van der Waals surface area contributed by atoms with E-state index in [0.29, 0.717) is 6.54 Å². The Hall–Kier alpha value is -2.84. The molecule has 138 valence electrons. The van der Waals surface area contributed by atoms with Crippen LogP contribution in [-0.2, 0) is 0 Å². The Bertz CT molecular complexity index is 818. The van der Waals surface area contributed by atoms with Gasteiger partial charge in [0.15, 0.2) is 0 Å². The summed E-state index contributed by atoms with van der Waals surface area (Å²) in [5.41, 5.74) is -0.556. The van der Waals surface area contributed by atoms with Crippen LogP contribution in [0.1, 0.15) is 32.6 Å². The molecule has 0 saturated carbocycles. The molecule has 9 heteroatoms. The molecular weight excluding hydrogens is 344 g/mol. The maximum Gasteiger partial charge on any atom is 0.353 e. The van der Waals surface area contributed by atoms with E-state index in [0.717, 1.165) is 43.9 Å². The van der Waals surface area contributed by atoms with E-state index in [9.17, 15) is 18.9 Å². The van der Waals surface area contributed by atoms with Crippen LogP contribution in [0.2, 0.25) is 0 Å². The number of halogens is 2. The molecule has 0 bridgehead atoms. The van der Waals surface area contributed by atoms with Gasteiger partial charge >= 0.3 is 5.69 Å². The first-order valence-corrected chi connectivity index (χ1v) is 8.49. The maximum atomic E-state index is 13.9. The van der Waals surface area contributed by atoms with Crippen molar-refractivity contribution >= 4 is 23.0 Å². The van der Waals surface area contributed by atoms with Crippen LogP contribution < -0.4 is 10.2 Å². The summed E-state index contributed by atoms with van der Waals surface area (Å²) in [4.78, 5) is 21.1. The number of nitrogens with zero attached hydrogens (tertiary/aromatic N) is 4. The van der Waals surface area contributed by atoms with E-state index in [1.165, 1.54) is 6.33 Å². The third-order valence-electron chi connectivity index (χ3n) is 4.54. The zero-order valence-electron chi connectivity index (χ0n) is 14.3. The van der Waals surface area contributed by atoms with Gasteiger partial charge in [0.1, 0.15) is 18.0 Å². The van der Waals surface area contributed by atoms with Crippen molar-refractivity contribution in [1.29, 1.82) is 0 Å². The largest absolute Gasteiger partial charge is 0.353 e. The minimum absolute atomic E-state index is 0.149. The van der Waals surface area contributed by atoms with Gasteiger partial charge in [-0.25, -0.2) is 18.7 Å². The summed E-state index contributed by atoms with van der Waals surface area (Å²) < 4.78 is 27.3. The Labute approximate surface area is 149 Å². The van der Waals surface area contributed by atoms with E-state index in [1.54, 1.807) is 0 Å². The lowest BCUT2D eigenvalue weighted by atomic mass is 10.00. The summed E-state index contributed by atoms with van der Waals surface area (Å²) in [7, 11) is 0. The van der Waals surface area contributed by atoms with Gasteiger partial charge in [0.25, 0.3) is 0 Å². The molecule has 1 aliphatic heterocycles. The Morgan fingerprint density at radius 1 is 1.35 bits per heavy atom. The standard InChI is InChI=1S/C17H19F2N5O2/c1-2-12-5-3-4-8-23(12)17-15(24(25)26)16(20-10-21-17)22-14-9-11(18)6-7-13(14)19/h6-7,9-10,12H,2-5,8H2,1H3,(H,20,21,22). The summed E-state index contributed by atoms with van der Waals surface area (Å²) in [6.45, 7) is 2.68. The summed E-state index contributed by atoms with van der Waals surface area (Å²) in [5, 5.41) is 14.3. The van der Waals surface area contributed by atoms with Crippen molar-refractivity contribution in [1.82, 2.24) is 9.97 Å². The maximum absolute atomic E-state index is 13.9. The second kappa shape index (κ2) is 7.59. The molecule has 1 aromatic carbocycles. The van der Waals surface area contributed by atoms with Gasteiger partial charge in [-0.15, -0.1) is 0 Å². The Morgan fingerprint density at radius 3 is 2.88 bits per heavy atom.